The molecule has 1 amide bonds. The van der Waals surface area contributed by atoms with Crippen molar-refractivity contribution >= 4 is 29.3 Å². The van der Waals surface area contributed by atoms with Crippen molar-refractivity contribution in [1.82, 2.24) is 0 Å². The van der Waals surface area contributed by atoms with Crippen LogP contribution in [0, 0.1) is 11.8 Å². The maximum absolute atomic E-state index is 12.3. The summed E-state index contributed by atoms with van der Waals surface area (Å²) in [5.74, 6) is -1.09. The first-order chi connectivity index (χ1) is 10.7. The Bertz CT molecular complexity index is 555. The Kier molecular flexibility index (Phi) is 5.74. The smallest absolute Gasteiger partial charge is 0.306 e. The molecule has 1 aromatic carbocycles. The van der Waals surface area contributed by atoms with E-state index < -0.39 is 5.97 Å². The number of thioether (sulfide) groups is 1. The van der Waals surface area contributed by atoms with Crippen molar-refractivity contribution in [3.8, 4) is 0 Å². The van der Waals surface area contributed by atoms with Crippen LogP contribution in [0.15, 0.2) is 29.2 Å². The van der Waals surface area contributed by atoms with Crippen LogP contribution in [0.2, 0.25) is 0 Å². The van der Waals surface area contributed by atoms with Gasteiger partial charge in [-0.25, -0.2) is 0 Å². The third-order valence-electron chi connectivity index (χ3n) is 3.99. The highest BCUT2D eigenvalue weighted by Gasteiger charge is 2.29. The fourth-order valence-electron chi connectivity index (χ4n) is 2.81. The van der Waals surface area contributed by atoms with Crippen molar-refractivity contribution in [3.05, 3.63) is 24.3 Å². The Morgan fingerprint density at radius 2 is 1.57 bits per heavy atom. The van der Waals surface area contributed by atoms with Gasteiger partial charge in [0.1, 0.15) is 0 Å². The number of carboxylic acid groups (broad SMARTS) is 1. The summed E-state index contributed by atoms with van der Waals surface area (Å²) in [5, 5.41) is 12.0. The quantitative estimate of drug-likeness (QED) is 0.800. The van der Waals surface area contributed by atoms with Crippen molar-refractivity contribution in [3.63, 3.8) is 0 Å². The number of carbonyl (C=O) groups is 2. The number of hydrogen-bond donors (Lipinski definition) is 2. The van der Waals surface area contributed by atoms with Crippen LogP contribution < -0.4 is 5.32 Å². The predicted molar refractivity (Wildman–Crippen MR) is 93.8 cm³/mol. The topological polar surface area (TPSA) is 66.4 Å². The van der Waals surface area contributed by atoms with Crippen molar-refractivity contribution < 1.29 is 14.7 Å². The first kappa shape index (κ1) is 17.9. The number of aliphatic carboxylic acids is 1. The normalized spacial score (nSPS) is 21.7. The molecular weight excluding hydrogens is 310 g/mol. The molecule has 0 radical (unpaired) electrons. The molecule has 1 aromatic rings. The van der Waals surface area contributed by atoms with Gasteiger partial charge in [-0.15, -0.1) is 11.8 Å². The van der Waals surface area contributed by atoms with Gasteiger partial charge in [0, 0.05) is 21.2 Å². The number of rotatable bonds is 4. The summed E-state index contributed by atoms with van der Waals surface area (Å²) >= 11 is 1.79. The number of anilines is 1. The van der Waals surface area contributed by atoms with Gasteiger partial charge in [0.05, 0.1) is 5.92 Å². The summed E-state index contributed by atoms with van der Waals surface area (Å²) in [6.07, 6.45) is 2.49. The zero-order valence-corrected chi connectivity index (χ0v) is 14.8. The Balaban J connectivity index is 1.87. The van der Waals surface area contributed by atoms with Crippen molar-refractivity contribution in [2.24, 2.45) is 11.8 Å². The third kappa shape index (κ3) is 5.57. The molecule has 0 aliphatic heterocycles. The van der Waals surface area contributed by atoms with Crippen molar-refractivity contribution in [1.29, 1.82) is 0 Å². The fraction of sp³-hybridized carbons (Fsp3) is 0.556. The minimum absolute atomic E-state index is 0.00469. The second kappa shape index (κ2) is 7.39. The standard InChI is InChI=1S/C18H25NO3S/c1-18(2,3)23-15-10-8-14(9-11-15)19-16(20)12-4-6-13(7-5-12)17(21)22/h8-13H,4-7H2,1-3H3,(H,19,20)(H,21,22). The first-order valence-electron chi connectivity index (χ1n) is 8.07. The molecule has 0 saturated heterocycles. The minimum Gasteiger partial charge on any atom is -0.481 e. The number of nitrogens with one attached hydrogen (secondary N) is 1. The molecule has 0 unspecified atom stereocenters. The summed E-state index contributed by atoms with van der Waals surface area (Å²) < 4.78 is 0.160. The lowest BCUT2D eigenvalue weighted by Crippen LogP contribution is -2.29. The van der Waals surface area contributed by atoms with Crippen LogP contribution >= 0.6 is 11.8 Å². The Morgan fingerprint density at radius 1 is 1.04 bits per heavy atom. The van der Waals surface area contributed by atoms with Crippen LogP contribution in [0.4, 0.5) is 5.69 Å². The van der Waals surface area contributed by atoms with E-state index in [-0.39, 0.29) is 22.5 Å². The molecule has 1 aliphatic rings. The molecule has 1 aliphatic carbocycles. The minimum atomic E-state index is -0.740. The van der Waals surface area contributed by atoms with E-state index in [1.807, 2.05) is 24.3 Å². The van der Waals surface area contributed by atoms with Gasteiger partial charge in [0.2, 0.25) is 5.91 Å². The molecule has 0 atom stereocenters. The SMILES string of the molecule is CC(C)(C)Sc1ccc(NC(=O)C2CCC(C(=O)O)CC2)cc1. The number of amides is 1. The molecule has 4 nitrogen and oxygen atoms in total. The summed E-state index contributed by atoms with van der Waals surface area (Å²) in [7, 11) is 0. The highest BCUT2D eigenvalue weighted by Crippen LogP contribution is 2.33. The highest BCUT2D eigenvalue weighted by molar-refractivity contribution is 8.00. The van der Waals surface area contributed by atoms with Gasteiger partial charge in [0.15, 0.2) is 0 Å². The van der Waals surface area contributed by atoms with Crippen LogP contribution in [0.25, 0.3) is 0 Å². The van der Waals surface area contributed by atoms with Crippen LogP contribution in [-0.2, 0) is 9.59 Å². The van der Waals surface area contributed by atoms with Crippen LogP contribution in [-0.4, -0.2) is 21.7 Å². The van der Waals surface area contributed by atoms with Crippen LogP contribution in [0.3, 0.4) is 0 Å². The first-order valence-corrected chi connectivity index (χ1v) is 8.89. The lowest BCUT2D eigenvalue weighted by molar-refractivity contribution is -0.143. The van der Waals surface area contributed by atoms with E-state index in [4.69, 9.17) is 5.11 Å². The molecule has 1 fully saturated rings. The Labute approximate surface area is 142 Å². The maximum atomic E-state index is 12.3. The van der Waals surface area contributed by atoms with Crippen LogP contribution in [0.5, 0.6) is 0 Å². The van der Waals surface area contributed by atoms with E-state index in [0.29, 0.717) is 25.7 Å². The van der Waals surface area contributed by atoms with Gasteiger partial charge >= 0.3 is 5.97 Å². The Hall–Kier alpha value is -1.49. The lowest BCUT2D eigenvalue weighted by atomic mass is 9.81. The van der Waals surface area contributed by atoms with Crippen LogP contribution in [0.1, 0.15) is 46.5 Å². The number of carbonyl (C=O) groups excluding carboxylic acids is 1. The number of carboxylic acids is 1. The van der Waals surface area contributed by atoms with E-state index >= 15 is 0 Å². The highest BCUT2D eigenvalue weighted by atomic mass is 32.2. The lowest BCUT2D eigenvalue weighted by Gasteiger charge is -2.25. The zero-order valence-electron chi connectivity index (χ0n) is 14.0. The molecule has 126 valence electrons. The van der Waals surface area contributed by atoms with Gasteiger partial charge < -0.3 is 10.4 Å². The molecule has 1 saturated carbocycles. The number of hydrogen-bond acceptors (Lipinski definition) is 3. The predicted octanol–water partition coefficient (Wildman–Crippen LogP) is 4.41. The molecule has 0 spiro atoms. The molecule has 0 bridgehead atoms. The fourth-order valence-corrected chi connectivity index (χ4v) is 3.79. The number of benzene rings is 1. The summed E-state index contributed by atoms with van der Waals surface area (Å²) in [6.45, 7) is 6.50. The van der Waals surface area contributed by atoms with E-state index in [2.05, 4.69) is 26.1 Å². The summed E-state index contributed by atoms with van der Waals surface area (Å²) in [6, 6.07) is 7.89. The van der Waals surface area contributed by atoms with Crippen molar-refractivity contribution in [2.75, 3.05) is 5.32 Å². The molecule has 0 heterocycles. The van der Waals surface area contributed by atoms with Gasteiger partial charge in [-0.2, -0.15) is 0 Å². The van der Waals surface area contributed by atoms with Crippen molar-refractivity contribution in [2.45, 2.75) is 56.1 Å². The average Bonchev–Trinajstić information content (AvgIpc) is 2.48. The van der Waals surface area contributed by atoms with E-state index in [1.54, 1.807) is 11.8 Å². The molecule has 23 heavy (non-hydrogen) atoms. The van der Waals surface area contributed by atoms with E-state index in [0.717, 1.165) is 5.69 Å². The zero-order chi connectivity index (χ0) is 17.0. The molecule has 2 rings (SSSR count). The van der Waals surface area contributed by atoms with E-state index in [9.17, 15) is 9.59 Å². The van der Waals surface area contributed by atoms with Gasteiger partial charge in [0.25, 0.3) is 0 Å². The second-order valence-electron chi connectivity index (χ2n) is 7.11. The average molecular weight is 335 g/mol. The molecular formula is C18H25NO3S. The Morgan fingerprint density at radius 3 is 2.04 bits per heavy atom. The maximum Gasteiger partial charge on any atom is 0.306 e. The molecule has 5 heteroatoms. The van der Waals surface area contributed by atoms with Gasteiger partial charge in [-0.1, -0.05) is 20.8 Å². The largest absolute Gasteiger partial charge is 0.481 e. The molecule has 0 aromatic heterocycles. The van der Waals surface area contributed by atoms with Gasteiger partial charge in [-0.3, -0.25) is 9.59 Å². The molecule has 2 N–H and O–H groups in total. The van der Waals surface area contributed by atoms with E-state index in [1.165, 1.54) is 4.90 Å². The third-order valence-corrected chi connectivity index (χ3v) is 5.11. The van der Waals surface area contributed by atoms with Gasteiger partial charge in [-0.05, 0) is 49.9 Å². The summed E-state index contributed by atoms with van der Waals surface area (Å²) in [5.41, 5.74) is 0.800. The monoisotopic (exact) mass is 335 g/mol. The second-order valence-corrected chi connectivity index (χ2v) is 9.02. The summed E-state index contributed by atoms with van der Waals surface area (Å²) in [4.78, 5) is 24.4.